The molecule has 0 unspecified atom stereocenters. The van der Waals surface area contributed by atoms with E-state index in [1.807, 2.05) is 24.3 Å². The van der Waals surface area contributed by atoms with E-state index in [1.165, 1.54) is 22.5 Å². The summed E-state index contributed by atoms with van der Waals surface area (Å²) in [7, 11) is 0. The summed E-state index contributed by atoms with van der Waals surface area (Å²) in [5.74, 6) is 0.00318. The Kier molecular flexibility index (Phi) is 3.81. The maximum absolute atomic E-state index is 12.3. The molecule has 2 heterocycles. The number of nitrogens with one attached hydrogen (secondary N) is 1. The number of fused-ring (bicyclic) bond motifs is 2. The number of carbonyl (C=O) groups is 1. The van der Waals surface area contributed by atoms with E-state index in [-0.39, 0.29) is 5.91 Å². The van der Waals surface area contributed by atoms with Crippen LogP contribution in [0.3, 0.4) is 0 Å². The average molecular weight is 323 g/mol. The smallest absolute Gasteiger partial charge is 0.240 e. The van der Waals surface area contributed by atoms with Crippen LogP contribution in [0.2, 0.25) is 0 Å². The van der Waals surface area contributed by atoms with Crippen molar-refractivity contribution >= 4 is 32.6 Å². The zero-order valence-corrected chi connectivity index (χ0v) is 13.5. The fraction of sp³-hybridized carbons (Fsp3) is 0.222. The molecule has 2 aromatic carbocycles. The molecule has 0 radical (unpaired) electrons. The molecule has 0 aliphatic carbocycles. The summed E-state index contributed by atoms with van der Waals surface area (Å²) >= 11 is 1.51. The zero-order valence-electron chi connectivity index (χ0n) is 12.7. The topological polar surface area (TPSA) is 45.2 Å². The lowest BCUT2D eigenvalue weighted by Gasteiger charge is -2.27. The van der Waals surface area contributed by atoms with Crippen molar-refractivity contribution in [2.45, 2.75) is 13.0 Å². The molecule has 5 heteroatoms. The van der Waals surface area contributed by atoms with Crippen molar-refractivity contribution in [1.82, 2.24) is 9.88 Å². The zero-order chi connectivity index (χ0) is 15.6. The minimum atomic E-state index is 0.00318. The van der Waals surface area contributed by atoms with Crippen molar-refractivity contribution in [3.05, 3.63) is 59.7 Å². The number of carbonyl (C=O) groups excluding carboxylic acids is 1. The SMILES string of the molecule is O=C(CN1CCc2ccccc2C1)Nc1nc2ccccc2s1. The molecule has 3 aromatic rings. The Hall–Kier alpha value is -2.24. The van der Waals surface area contributed by atoms with Crippen LogP contribution < -0.4 is 5.32 Å². The number of benzene rings is 2. The Balaban J connectivity index is 1.40. The molecule has 0 saturated carbocycles. The summed E-state index contributed by atoms with van der Waals surface area (Å²) in [5, 5.41) is 3.60. The maximum atomic E-state index is 12.3. The molecule has 4 rings (SSSR count). The normalized spacial score (nSPS) is 14.6. The number of para-hydroxylation sites is 1. The van der Waals surface area contributed by atoms with Crippen LogP contribution in [0.15, 0.2) is 48.5 Å². The van der Waals surface area contributed by atoms with Gasteiger partial charge in [0.15, 0.2) is 5.13 Å². The van der Waals surface area contributed by atoms with Crippen LogP contribution in [0.1, 0.15) is 11.1 Å². The third-order valence-electron chi connectivity index (χ3n) is 4.12. The first-order valence-electron chi connectivity index (χ1n) is 7.72. The van der Waals surface area contributed by atoms with Crippen LogP contribution >= 0.6 is 11.3 Å². The van der Waals surface area contributed by atoms with Gasteiger partial charge < -0.3 is 5.32 Å². The van der Waals surface area contributed by atoms with Crippen LogP contribution in [0, 0.1) is 0 Å². The van der Waals surface area contributed by atoms with Crippen molar-refractivity contribution in [2.75, 3.05) is 18.4 Å². The molecule has 1 amide bonds. The van der Waals surface area contributed by atoms with Crippen LogP contribution in [0.25, 0.3) is 10.2 Å². The maximum Gasteiger partial charge on any atom is 0.240 e. The standard InChI is InChI=1S/C18H17N3OS/c22-17(20-18-19-15-7-3-4-8-16(15)23-18)12-21-10-9-13-5-1-2-6-14(13)11-21/h1-8H,9-12H2,(H,19,20,22). The molecule has 1 aromatic heterocycles. The highest BCUT2D eigenvalue weighted by Gasteiger charge is 2.18. The van der Waals surface area contributed by atoms with Crippen molar-refractivity contribution < 1.29 is 4.79 Å². The Morgan fingerprint density at radius 3 is 2.78 bits per heavy atom. The fourth-order valence-electron chi connectivity index (χ4n) is 2.98. The van der Waals surface area contributed by atoms with Gasteiger partial charge in [0.05, 0.1) is 16.8 Å². The third-order valence-corrected chi connectivity index (χ3v) is 5.07. The molecule has 1 aliphatic rings. The van der Waals surface area contributed by atoms with E-state index in [2.05, 4.69) is 39.5 Å². The first-order chi connectivity index (χ1) is 11.3. The van der Waals surface area contributed by atoms with Crippen molar-refractivity contribution in [3.8, 4) is 0 Å². The van der Waals surface area contributed by atoms with E-state index < -0.39 is 0 Å². The molecule has 1 aliphatic heterocycles. The number of nitrogens with zero attached hydrogens (tertiary/aromatic N) is 2. The molecule has 0 spiro atoms. The first-order valence-corrected chi connectivity index (χ1v) is 8.54. The Morgan fingerprint density at radius 1 is 1.13 bits per heavy atom. The molecule has 0 fully saturated rings. The second-order valence-corrected chi connectivity index (χ2v) is 6.79. The van der Waals surface area contributed by atoms with Gasteiger partial charge in [-0.1, -0.05) is 47.7 Å². The predicted molar refractivity (Wildman–Crippen MR) is 93.7 cm³/mol. The lowest BCUT2D eigenvalue weighted by molar-refractivity contribution is -0.117. The minimum absolute atomic E-state index is 0.00318. The molecule has 0 bridgehead atoms. The first kappa shape index (κ1) is 14.4. The van der Waals surface area contributed by atoms with Gasteiger partial charge in [0.25, 0.3) is 0 Å². The number of hydrogen-bond donors (Lipinski definition) is 1. The molecular weight excluding hydrogens is 306 g/mol. The fourth-order valence-corrected chi connectivity index (χ4v) is 3.86. The average Bonchev–Trinajstić information content (AvgIpc) is 2.96. The highest BCUT2D eigenvalue weighted by Crippen LogP contribution is 2.25. The van der Waals surface area contributed by atoms with Crippen LogP contribution in [0.4, 0.5) is 5.13 Å². The number of amides is 1. The minimum Gasteiger partial charge on any atom is -0.301 e. The number of hydrogen-bond acceptors (Lipinski definition) is 4. The van der Waals surface area contributed by atoms with Gasteiger partial charge in [-0.2, -0.15) is 0 Å². The molecule has 0 saturated heterocycles. The predicted octanol–water partition coefficient (Wildman–Crippen LogP) is 3.29. The number of anilines is 1. The quantitative estimate of drug-likeness (QED) is 0.804. The number of rotatable bonds is 3. The van der Waals surface area contributed by atoms with Crippen LogP contribution in [0.5, 0.6) is 0 Å². The van der Waals surface area contributed by atoms with Gasteiger partial charge in [-0.15, -0.1) is 0 Å². The van der Waals surface area contributed by atoms with Gasteiger partial charge in [0.2, 0.25) is 5.91 Å². The number of aromatic nitrogens is 1. The summed E-state index contributed by atoms with van der Waals surface area (Å²) in [5.41, 5.74) is 3.65. The molecule has 4 nitrogen and oxygen atoms in total. The Bertz CT molecular complexity index is 825. The number of thiazole rings is 1. The largest absolute Gasteiger partial charge is 0.301 e. The van der Waals surface area contributed by atoms with Crippen molar-refractivity contribution in [2.24, 2.45) is 0 Å². The lowest BCUT2D eigenvalue weighted by Crippen LogP contribution is -2.37. The van der Waals surface area contributed by atoms with Gasteiger partial charge in [0.1, 0.15) is 0 Å². The molecular formula is C18H17N3OS. The third kappa shape index (κ3) is 3.11. The van der Waals surface area contributed by atoms with Gasteiger partial charge in [-0.3, -0.25) is 9.69 Å². The molecule has 1 N–H and O–H groups in total. The van der Waals surface area contributed by atoms with Gasteiger partial charge in [0, 0.05) is 13.1 Å². The molecule has 0 atom stereocenters. The highest BCUT2D eigenvalue weighted by atomic mass is 32.1. The van der Waals surface area contributed by atoms with E-state index in [0.29, 0.717) is 11.7 Å². The van der Waals surface area contributed by atoms with Gasteiger partial charge in [-0.05, 0) is 29.7 Å². The monoisotopic (exact) mass is 323 g/mol. The van der Waals surface area contributed by atoms with E-state index in [1.54, 1.807) is 0 Å². The van der Waals surface area contributed by atoms with Crippen LogP contribution in [-0.2, 0) is 17.8 Å². The summed E-state index contributed by atoms with van der Waals surface area (Å²) in [6.07, 6.45) is 1.00. The second kappa shape index (κ2) is 6.10. The highest BCUT2D eigenvalue weighted by molar-refractivity contribution is 7.22. The summed E-state index contributed by atoms with van der Waals surface area (Å²) < 4.78 is 1.09. The lowest BCUT2D eigenvalue weighted by atomic mass is 10.00. The molecule has 23 heavy (non-hydrogen) atoms. The van der Waals surface area contributed by atoms with Gasteiger partial charge in [-0.25, -0.2) is 4.98 Å². The van der Waals surface area contributed by atoms with Crippen LogP contribution in [-0.4, -0.2) is 28.9 Å². The Morgan fingerprint density at radius 2 is 1.91 bits per heavy atom. The van der Waals surface area contributed by atoms with Crippen molar-refractivity contribution in [3.63, 3.8) is 0 Å². The summed E-state index contributed by atoms with van der Waals surface area (Å²) in [6, 6.07) is 16.4. The van der Waals surface area contributed by atoms with E-state index in [4.69, 9.17) is 0 Å². The second-order valence-electron chi connectivity index (χ2n) is 5.76. The van der Waals surface area contributed by atoms with E-state index in [9.17, 15) is 4.79 Å². The Labute approximate surface area is 138 Å². The summed E-state index contributed by atoms with van der Waals surface area (Å²) in [4.78, 5) is 18.9. The van der Waals surface area contributed by atoms with E-state index >= 15 is 0 Å². The van der Waals surface area contributed by atoms with Gasteiger partial charge >= 0.3 is 0 Å². The van der Waals surface area contributed by atoms with Crippen molar-refractivity contribution in [1.29, 1.82) is 0 Å². The molecule has 116 valence electrons. The van der Waals surface area contributed by atoms with E-state index in [0.717, 1.165) is 29.7 Å². The summed E-state index contributed by atoms with van der Waals surface area (Å²) in [6.45, 7) is 2.16.